The van der Waals surface area contributed by atoms with Crippen LogP contribution in [0.3, 0.4) is 0 Å². The molecule has 20 heavy (non-hydrogen) atoms. The second-order valence-corrected chi connectivity index (χ2v) is 10.4. The van der Waals surface area contributed by atoms with E-state index in [1.807, 2.05) is 0 Å². The van der Waals surface area contributed by atoms with Crippen molar-refractivity contribution in [3.63, 3.8) is 0 Å². The van der Waals surface area contributed by atoms with Crippen molar-refractivity contribution < 1.29 is 29.8 Å². The zero-order chi connectivity index (χ0) is 15.2. The molecule has 1 heterocycles. The Hall–Kier alpha value is -0.970. The number of sulfone groups is 2. The minimum Gasteiger partial charge on any atom is -0.748 e. The fourth-order valence-electron chi connectivity index (χ4n) is 2.13. The molecule has 1 aromatic rings. The van der Waals surface area contributed by atoms with Gasteiger partial charge in [-0.1, -0.05) is 18.2 Å². The van der Waals surface area contributed by atoms with Crippen molar-refractivity contribution in [2.24, 2.45) is 0 Å². The molecule has 2 atom stereocenters. The molecule has 0 radical (unpaired) electrons. The van der Waals surface area contributed by atoms with E-state index in [0.717, 1.165) is 0 Å². The van der Waals surface area contributed by atoms with Crippen LogP contribution in [-0.4, -0.2) is 51.8 Å². The first kappa shape index (κ1) is 15.4. The lowest BCUT2D eigenvalue weighted by Crippen LogP contribution is -2.38. The predicted molar refractivity (Wildman–Crippen MR) is 69.6 cm³/mol. The van der Waals surface area contributed by atoms with E-state index < -0.39 is 51.8 Å². The summed E-state index contributed by atoms with van der Waals surface area (Å²) in [6.07, 6.45) is 0. The average molecular weight is 339 g/mol. The molecule has 2 rings (SSSR count). The normalized spacial score (nSPS) is 26.4. The number of benzene rings is 1. The molecule has 0 spiro atoms. The molecule has 10 heteroatoms. The summed E-state index contributed by atoms with van der Waals surface area (Å²) in [4.78, 5) is -0.198. The van der Waals surface area contributed by atoms with Crippen molar-refractivity contribution in [3.8, 4) is 0 Å². The fourth-order valence-corrected chi connectivity index (χ4v) is 9.30. The highest BCUT2D eigenvalue weighted by Gasteiger charge is 2.48. The summed E-state index contributed by atoms with van der Waals surface area (Å²) in [6.45, 7) is 0. The second-order valence-electron chi connectivity index (χ2n) is 4.50. The minimum atomic E-state index is -5.02. The van der Waals surface area contributed by atoms with Crippen molar-refractivity contribution in [1.82, 2.24) is 0 Å². The van der Waals surface area contributed by atoms with E-state index in [2.05, 4.69) is 0 Å². The summed E-state index contributed by atoms with van der Waals surface area (Å²) in [5.74, 6) is -1.80. The highest BCUT2D eigenvalue weighted by atomic mass is 32.2. The Labute approximate surface area is 117 Å². The molecule has 1 aliphatic rings. The summed E-state index contributed by atoms with van der Waals surface area (Å²) >= 11 is 0. The molecule has 112 valence electrons. The number of hydrogen-bond acceptors (Lipinski definition) is 7. The first-order chi connectivity index (χ1) is 9.04. The highest BCUT2D eigenvalue weighted by Crippen LogP contribution is 2.29. The van der Waals surface area contributed by atoms with E-state index in [1.165, 1.54) is 24.3 Å². The molecule has 0 N–H and O–H groups in total. The van der Waals surface area contributed by atoms with E-state index in [-0.39, 0.29) is 4.90 Å². The SMILES string of the molecule is O=S1(=O)C[C@@H](S(=O)(=O)[O-])[C@@H](S(=O)(=O)c2ccccc2)C1. The minimum absolute atomic E-state index is 0.198. The molecule has 1 fully saturated rings. The van der Waals surface area contributed by atoms with Crippen LogP contribution in [0.15, 0.2) is 35.2 Å². The molecule has 0 unspecified atom stereocenters. The van der Waals surface area contributed by atoms with Crippen LogP contribution >= 0.6 is 0 Å². The molecular formula is C10H11O7S3-. The van der Waals surface area contributed by atoms with Crippen LogP contribution in [0.1, 0.15) is 0 Å². The van der Waals surface area contributed by atoms with Crippen molar-refractivity contribution in [3.05, 3.63) is 30.3 Å². The lowest BCUT2D eigenvalue weighted by molar-refractivity contribution is 0.450. The van der Waals surface area contributed by atoms with Gasteiger partial charge >= 0.3 is 0 Å². The first-order valence-corrected chi connectivity index (χ1v) is 10.3. The molecule has 0 bridgehead atoms. The molecule has 0 aromatic heterocycles. The van der Waals surface area contributed by atoms with Crippen LogP contribution in [0.5, 0.6) is 0 Å². The van der Waals surface area contributed by atoms with Crippen molar-refractivity contribution >= 4 is 29.8 Å². The molecule has 1 aliphatic heterocycles. The van der Waals surface area contributed by atoms with Gasteiger partial charge in [-0.05, 0) is 12.1 Å². The van der Waals surface area contributed by atoms with Crippen molar-refractivity contribution in [2.75, 3.05) is 11.5 Å². The largest absolute Gasteiger partial charge is 0.748 e. The Morgan fingerprint density at radius 1 is 0.950 bits per heavy atom. The molecular weight excluding hydrogens is 328 g/mol. The molecule has 0 saturated carbocycles. The zero-order valence-electron chi connectivity index (χ0n) is 10.0. The maximum Gasteiger partial charge on any atom is 0.183 e. The van der Waals surface area contributed by atoms with E-state index in [0.29, 0.717) is 0 Å². The summed E-state index contributed by atoms with van der Waals surface area (Å²) in [7, 11) is -13.1. The second kappa shape index (κ2) is 4.79. The van der Waals surface area contributed by atoms with Gasteiger partial charge in [0, 0.05) is 0 Å². The monoisotopic (exact) mass is 339 g/mol. The van der Waals surface area contributed by atoms with Gasteiger partial charge in [0.05, 0.1) is 37.0 Å². The standard InChI is InChI=1S/C10H12O7S3/c11-18(12)6-9(10(7-18)20(15,16)17)19(13,14)8-4-2-1-3-5-8/h1-5,9-10H,6-7H2,(H,15,16,17)/p-1/t9-,10+/m0/s1. The van der Waals surface area contributed by atoms with E-state index >= 15 is 0 Å². The Morgan fingerprint density at radius 2 is 1.45 bits per heavy atom. The van der Waals surface area contributed by atoms with Crippen LogP contribution < -0.4 is 0 Å². The van der Waals surface area contributed by atoms with Gasteiger partial charge in [0.1, 0.15) is 0 Å². The van der Waals surface area contributed by atoms with Gasteiger partial charge in [0.25, 0.3) is 0 Å². The van der Waals surface area contributed by atoms with Crippen LogP contribution in [0.2, 0.25) is 0 Å². The lowest BCUT2D eigenvalue weighted by Gasteiger charge is -2.21. The fraction of sp³-hybridized carbons (Fsp3) is 0.400. The van der Waals surface area contributed by atoms with E-state index in [4.69, 9.17) is 0 Å². The Morgan fingerprint density at radius 3 is 1.95 bits per heavy atom. The van der Waals surface area contributed by atoms with Crippen LogP contribution in [0, 0.1) is 0 Å². The first-order valence-electron chi connectivity index (χ1n) is 5.48. The van der Waals surface area contributed by atoms with Gasteiger partial charge in [0.15, 0.2) is 19.7 Å². The lowest BCUT2D eigenvalue weighted by atomic mass is 10.4. The summed E-state index contributed by atoms with van der Waals surface area (Å²) in [5.41, 5.74) is 0. The predicted octanol–water partition coefficient (Wildman–Crippen LogP) is -0.829. The third-order valence-electron chi connectivity index (χ3n) is 3.09. The summed E-state index contributed by atoms with van der Waals surface area (Å²) < 4.78 is 81.0. The Bertz CT molecular complexity index is 807. The van der Waals surface area contributed by atoms with Crippen molar-refractivity contribution in [2.45, 2.75) is 15.4 Å². The Balaban J connectivity index is 2.56. The van der Waals surface area contributed by atoms with Gasteiger partial charge in [-0.2, -0.15) is 0 Å². The van der Waals surface area contributed by atoms with E-state index in [1.54, 1.807) is 6.07 Å². The molecule has 0 amide bonds. The van der Waals surface area contributed by atoms with Crippen LogP contribution in [-0.2, 0) is 29.8 Å². The van der Waals surface area contributed by atoms with Crippen LogP contribution in [0.4, 0.5) is 0 Å². The molecule has 7 nitrogen and oxygen atoms in total. The summed E-state index contributed by atoms with van der Waals surface area (Å²) in [5, 5.41) is -3.71. The number of rotatable bonds is 3. The van der Waals surface area contributed by atoms with Gasteiger partial charge < -0.3 is 4.55 Å². The third kappa shape index (κ3) is 2.87. The number of hydrogen-bond donors (Lipinski definition) is 0. The van der Waals surface area contributed by atoms with Crippen LogP contribution in [0.25, 0.3) is 0 Å². The third-order valence-corrected chi connectivity index (χ3v) is 8.88. The Kier molecular flexibility index (Phi) is 3.70. The average Bonchev–Trinajstić information content (AvgIpc) is 2.67. The maximum absolute atomic E-state index is 12.3. The smallest absolute Gasteiger partial charge is 0.183 e. The quantitative estimate of drug-likeness (QED) is 0.658. The summed E-state index contributed by atoms with van der Waals surface area (Å²) in [6, 6.07) is 6.88. The molecule has 1 saturated heterocycles. The highest BCUT2D eigenvalue weighted by molar-refractivity contribution is 7.99. The van der Waals surface area contributed by atoms with Crippen molar-refractivity contribution in [1.29, 1.82) is 0 Å². The van der Waals surface area contributed by atoms with Gasteiger partial charge in [-0.25, -0.2) is 25.3 Å². The molecule has 1 aromatic carbocycles. The topological polar surface area (TPSA) is 125 Å². The van der Waals surface area contributed by atoms with Gasteiger partial charge in [0.2, 0.25) is 0 Å². The van der Waals surface area contributed by atoms with Gasteiger partial charge in [-0.15, -0.1) is 0 Å². The maximum atomic E-state index is 12.3. The van der Waals surface area contributed by atoms with E-state index in [9.17, 15) is 29.8 Å². The van der Waals surface area contributed by atoms with Gasteiger partial charge in [-0.3, -0.25) is 0 Å². The molecule has 0 aliphatic carbocycles. The zero-order valence-corrected chi connectivity index (χ0v) is 12.5.